The third-order valence-corrected chi connectivity index (χ3v) is 2.07. The van der Waals surface area contributed by atoms with E-state index in [9.17, 15) is 0 Å². The minimum Gasteiger partial charge on any atom is -0.394 e. The number of rotatable bonds is 5. The van der Waals surface area contributed by atoms with Crippen molar-refractivity contribution in [2.24, 2.45) is 0 Å². The van der Waals surface area contributed by atoms with Crippen molar-refractivity contribution in [1.29, 1.82) is 0 Å². The number of nitrogen functional groups attached to an aromatic ring is 1. The summed E-state index contributed by atoms with van der Waals surface area (Å²) in [6.07, 6.45) is 7.46. The van der Waals surface area contributed by atoms with Crippen molar-refractivity contribution in [1.82, 2.24) is 25.0 Å². The van der Waals surface area contributed by atoms with E-state index in [4.69, 9.17) is 5.73 Å². The summed E-state index contributed by atoms with van der Waals surface area (Å²) in [5.41, 5.74) is 6.24. The molecule has 0 radical (unpaired) electrons. The topological polar surface area (TPSA) is 94.5 Å². The van der Waals surface area contributed by atoms with Gasteiger partial charge in [0.05, 0.1) is 18.1 Å². The van der Waals surface area contributed by atoms with Gasteiger partial charge in [-0.1, -0.05) is 5.21 Å². The lowest BCUT2D eigenvalue weighted by Crippen LogP contribution is -2.09. The van der Waals surface area contributed by atoms with E-state index in [1.54, 1.807) is 17.1 Å². The Balaban J connectivity index is 1.74. The smallest absolute Gasteiger partial charge is 0.152 e. The predicted octanol–water partition coefficient (Wildman–Crippen LogP) is 0.152. The summed E-state index contributed by atoms with van der Waals surface area (Å²) in [6, 6.07) is 0. The van der Waals surface area contributed by atoms with Crippen LogP contribution in [0.2, 0.25) is 0 Å². The van der Waals surface area contributed by atoms with Gasteiger partial charge in [-0.2, -0.15) is 0 Å². The number of aryl methyl sites for hydroxylation is 1. The number of aromatic nitrogens is 5. The molecule has 0 aliphatic carbocycles. The molecule has 7 heteroatoms. The summed E-state index contributed by atoms with van der Waals surface area (Å²) in [5, 5.41) is 10.7. The Bertz CT molecular complexity index is 425. The van der Waals surface area contributed by atoms with Gasteiger partial charge in [0.15, 0.2) is 5.82 Å². The molecule has 0 unspecified atom stereocenters. The molecule has 0 bridgehead atoms. The molecule has 0 atom stereocenters. The highest BCUT2D eigenvalue weighted by Crippen LogP contribution is 2.10. The van der Waals surface area contributed by atoms with Crippen LogP contribution in [-0.2, 0) is 6.54 Å². The first-order valence-corrected chi connectivity index (χ1v) is 5.00. The predicted molar refractivity (Wildman–Crippen MR) is 59.6 cm³/mol. The van der Waals surface area contributed by atoms with E-state index in [1.807, 2.05) is 6.20 Å². The van der Waals surface area contributed by atoms with E-state index in [0.717, 1.165) is 19.5 Å². The number of nitrogens with zero attached hydrogens (tertiary/aromatic N) is 5. The third kappa shape index (κ3) is 2.66. The van der Waals surface area contributed by atoms with Crippen molar-refractivity contribution in [2.75, 3.05) is 17.6 Å². The number of nitrogens with one attached hydrogen (secondary N) is 1. The van der Waals surface area contributed by atoms with Crippen LogP contribution in [0.15, 0.2) is 24.9 Å². The lowest BCUT2D eigenvalue weighted by atomic mass is 10.4. The zero-order chi connectivity index (χ0) is 11.2. The fraction of sp³-hybridized carbons (Fsp3) is 0.333. The standard InChI is InChI=1S/C9H13N7/c10-8-6-11-7-13-9(8)12-2-1-4-16-5-3-14-15-16/h3,5-7H,1-2,4,10H2,(H,11,12,13). The Morgan fingerprint density at radius 2 is 2.38 bits per heavy atom. The van der Waals surface area contributed by atoms with Crippen LogP contribution >= 0.6 is 0 Å². The Morgan fingerprint density at radius 3 is 3.12 bits per heavy atom. The van der Waals surface area contributed by atoms with Gasteiger partial charge in [-0.15, -0.1) is 5.10 Å². The minimum absolute atomic E-state index is 0.559. The maximum absolute atomic E-state index is 5.68. The van der Waals surface area contributed by atoms with Crippen LogP contribution in [0.5, 0.6) is 0 Å². The van der Waals surface area contributed by atoms with Crippen LogP contribution in [0.4, 0.5) is 11.5 Å². The molecule has 0 fully saturated rings. The fourth-order valence-electron chi connectivity index (χ4n) is 1.29. The average Bonchev–Trinajstić information content (AvgIpc) is 2.79. The highest BCUT2D eigenvalue weighted by molar-refractivity contribution is 5.58. The lowest BCUT2D eigenvalue weighted by Gasteiger charge is -2.06. The van der Waals surface area contributed by atoms with Crippen molar-refractivity contribution in [3.63, 3.8) is 0 Å². The molecular formula is C9H13N7. The summed E-state index contributed by atoms with van der Waals surface area (Å²) in [6.45, 7) is 1.60. The van der Waals surface area contributed by atoms with E-state index >= 15 is 0 Å². The highest BCUT2D eigenvalue weighted by atomic mass is 15.4. The molecule has 84 valence electrons. The Morgan fingerprint density at radius 1 is 1.44 bits per heavy atom. The largest absolute Gasteiger partial charge is 0.394 e. The van der Waals surface area contributed by atoms with Crippen LogP contribution in [-0.4, -0.2) is 31.5 Å². The summed E-state index contributed by atoms with van der Waals surface area (Å²) >= 11 is 0. The van der Waals surface area contributed by atoms with Crippen LogP contribution in [0.3, 0.4) is 0 Å². The monoisotopic (exact) mass is 219 g/mol. The van der Waals surface area contributed by atoms with Crippen molar-refractivity contribution in [3.05, 3.63) is 24.9 Å². The van der Waals surface area contributed by atoms with Crippen LogP contribution in [0.25, 0.3) is 0 Å². The maximum Gasteiger partial charge on any atom is 0.152 e. The summed E-state index contributed by atoms with van der Waals surface area (Å²) in [7, 11) is 0. The Kier molecular flexibility index (Phi) is 3.27. The van der Waals surface area contributed by atoms with Crippen LogP contribution in [0.1, 0.15) is 6.42 Å². The Hall–Kier alpha value is -2.18. The van der Waals surface area contributed by atoms with Gasteiger partial charge >= 0.3 is 0 Å². The third-order valence-electron chi connectivity index (χ3n) is 2.07. The maximum atomic E-state index is 5.68. The zero-order valence-electron chi connectivity index (χ0n) is 8.74. The summed E-state index contributed by atoms with van der Waals surface area (Å²) in [4.78, 5) is 7.85. The van der Waals surface area contributed by atoms with E-state index in [0.29, 0.717) is 11.5 Å². The van der Waals surface area contributed by atoms with Crippen LogP contribution in [0, 0.1) is 0 Å². The van der Waals surface area contributed by atoms with Gasteiger partial charge < -0.3 is 11.1 Å². The summed E-state index contributed by atoms with van der Waals surface area (Å²) in [5.74, 6) is 0.675. The van der Waals surface area contributed by atoms with Crippen molar-refractivity contribution in [3.8, 4) is 0 Å². The van der Waals surface area contributed by atoms with Gasteiger partial charge in [-0.25, -0.2) is 9.97 Å². The SMILES string of the molecule is Nc1cncnc1NCCCn1ccnn1. The van der Waals surface area contributed by atoms with E-state index in [2.05, 4.69) is 25.6 Å². The van der Waals surface area contributed by atoms with Crippen molar-refractivity contribution in [2.45, 2.75) is 13.0 Å². The average molecular weight is 219 g/mol. The van der Waals surface area contributed by atoms with Gasteiger partial charge in [-0.3, -0.25) is 4.68 Å². The molecule has 2 aromatic heterocycles. The molecule has 0 saturated carbocycles. The van der Waals surface area contributed by atoms with Crippen molar-refractivity contribution >= 4 is 11.5 Å². The fourth-order valence-corrected chi connectivity index (χ4v) is 1.29. The molecule has 0 amide bonds. The van der Waals surface area contributed by atoms with E-state index in [1.165, 1.54) is 6.33 Å². The van der Waals surface area contributed by atoms with Gasteiger partial charge in [-0.05, 0) is 6.42 Å². The second kappa shape index (κ2) is 5.06. The summed E-state index contributed by atoms with van der Waals surface area (Å²) < 4.78 is 1.78. The first-order valence-electron chi connectivity index (χ1n) is 5.00. The molecule has 0 aliphatic heterocycles. The lowest BCUT2D eigenvalue weighted by molar-refractivity contribution is 0.569. The molecule has 2 heterocycles. The Labute approximate surface area is 92.7 Å². The first-order chi connectivity index (χ1) is 7.86. The van der Waals surface area contributed by atoms with E-state index in [-0.39, 0.29) is 0 Å². The van der Waals surface area contributed by atoms with Crippen molar-refractivity contribution < 1.29 is 0 Å². The van der Waals surface area contributed by atoms with Gasteiger partial charge in [0.1, 0.15) is 6.33 Å². The van der Waals surface area contributed by atoms with Crippen LogP contribution < -0.4 is 11.1 Å². The minimum atomic E-state index is 0.559. The normalized spacial score (nSPS) is 10.2. The number of hydrogen-bond donors (Lipinski definition) is 2. The quantitative estimate of drug-likeness (QED) is 0.695. The van der Waals surface area contributed by atoms with Gasteiger partial charge in [0, 0.05) is 19.3 Å². The molecule has 2 rings (SSSR count). The molecule has 0 aliphatic rings. The van der Waals surface area contributed by atoms with Gasteiger partial charge in [0.25, 0.3) is 0 Å². The second-order valence-corrected chi connectivity index (χ2v) is 3.27. The second-order valence-electron chi connectivity index (χ2n) is 3.27. The molecule has 2 aromatic rings. The molecule has 3 N–H and O–H groups in total. The molecule has 0 spiro atoms. The number of anilines is 2. The molecule has 16 heavy (non-hydrogen) atoms. The molecule has 7 nitrogen and oxygen atoms in total. The number of nitrogens with two attached hydrogens (primary N) is 1. The molecule has 0 aromatic carbocycles. The zero-order valence-corrected chi connectivity index (χ0v) is 8.74. The molecular weight excluding hydrogens is 206 g/mol. The molecule has 0 saturated heterocycles. The number of hydrogen-bond acceptors (Lipinski definition) is 6. The van der Waals surface area contributed by atoms with Gasteiger partial charge in [0.2, 0.25) is 0 Å². The van der Waals surface area contributed by atoms with E-state index < -0.39 is 0 Å². The first kappa shape index (κ1) is 10.3. The highest BCUT2D eigenvalue weighted by Gasteiger charge is 1.98.